The van der Waals surface area contributed by atoms with Crippen LogP contribution in [0.4, 0.5) is 0 Å². The number of benzene rings is 2. The lowest BCUT2D eigenvalue weighted by Crippen LogP contribution is -2.39. The van der Waals surface area contributed by atoms with Crippen LogP contribution in [-0.2, 0) is 24.8 Å². The van der Waals surface area contributed by atoms with Crippen LogP contribution in [0.5, 0.6) is 5.75 Å². The number of carbonyl (C=O) groups is 2. The zero-order valence-corrected chi connectivity index (χ0v) is 17.9. The molecular weight excluding hydrogens is 434 g/mol. The molecule has 1 saturated heterocycles. The van der Waals surface area contributed by atoms with Crippen molar-refractivity contribution >= 4 is 23.5 Å². The van der Waals surface area contributed by atoms with Crippen LogP contribution in [0.1, 0.15) is 18.9 Å². The van der Waals surface area contributed by atoms with E-state index in [0.717, 1.165) is 11.1 Å². The molecule has 0 unspecified atom stereocenters. The van der Waals surface area contributed by atoms with E-state index in [-0.39, 0.29) is 6.42 Å². The fourth-order valence-corrected chi connectivity index (χ4v) is 3.75. The normalized spacial score (nSPS) is 16.7. The standard InChI is InChI=1S/C24H20ClNO6/c1-15(30-18-9-10-19(20(25)12-18)16-6-3-2-4-7-16)21(27)13-24(17-8-5-11-26-14-17)31-22(28)23(29)32-24/h2-12,14-15,21,27H,13H2,1H3/t15-,21+/m0/s1. The number of aromatic nitrogens is 1. The molecule has 1 N–H and O–H groups in total. The number of aliphatic hydroxyl groups excluding tert-OH is 1. The minimum absolute atomic E-state index is 0.229. The Morgan fingerprint density at radius 1 is 1.06 bits per heavy atom. The Bertz CT molecular complexity index is 1110. The Labute approximate surface area is 189 Å². The van der Waals surface area contributed by atoms with E-state index in [1.165, 1.54) is 12.4 Å². The van der Waals surface area contributed by atoms with Crippen molar-refractivity contribution in [1.29, 1.82) is 0 Å². The van der Waals surface area contributed by atoms with Crippen LogP contribution in [0.15, 0.2) is 73.1 Å². The minimum atomic E-state index is -1.77. The Balaban J connectivity index is 1.50. The van der Waals surface area contributed by atoms with Gasteiger partial charge in [0.1, 0.15) is 11.9 Å². The first kappa shape index (κ1) is 21.8. The monoisotopic (exact) mass is 453 g/mol. The predicted octanol–water partition coefficient (Wildman–Crippen LogP) is 3.87. The van der Waals surface area contributed by atoms with Crippen molar-refractivity contribution in [2.75, 3.05) is 0 Å². The number of aliphatic hydroxyl groups is 1. The lowest BCUT2D eigenvalue weighted by molar-refractivity contribution is -0.199. The number of hydrogen-bond donors (Lipinski definition) is 1. The van der Waals surface area contributed by atoms with Gasteiger partial charge in [0.25, 0.3) is 5.79 Å². The summed E-state index contributed by atoms with van der Waals surface area (Å²) < 4.78 is 16.3. The fourth-order valence-electron chi connectivity index (χ4n) is 3.47. The molecule has 4 rings (SSSR count). The summed E-state index contributed by atoms with van der Waals surface area (Å²) in [7, 11) is 0. The van der Waals surface area contributed by atoms with Crippen LogP contribution in [-0.4, -0.2) is 34.2 Å². The highest BCUT2D eigenvalue weighted by Gasteiger charge is 2.52. The summed E-state index contributed by atoms with van der Waals surface area (Å²) in [5.74, 6) is -3.57. The highest BCUT2D eigenvalue weighted by Crippen LogP contribution is 2.38. The molecule has 2 heterocycles. The zero-order valence-electron chi connectivity index (χ0n) is 17.1. The minimum Gasteiger partial charge on any atom is -0.488 e. The molecule has 0 aliphatic carbocycles. The van der Waals surface area contributed by atoms with Crippen molar-refractivity contribution in [1.82, 2.24) is 4.98 Å². The van der Waals surface area contributed by atoms with Crippen molar-refractivity contribution in [3.63, 3.8) is 0 Å². The number of pyridine rings is 1. The summed E-state index contributed by atoms with van der Waals surface area (Å²) >= 11 is 6.43. The molecule has 2 aromatic carbocycles. The third-order valence-electron chi connectivity index (χ3n) is 5.15. The number of nitrogens with zero attached hydrogens (tertiary/aromatic N) is 1. The van der Waals surface area contributed by atoms with E-state index in [2.05, 4.69) is 4.98 Å². The first-order valence-electron chi connectivity index (χ1n) is 9.94. The highest BCUT2D eigenvalue weighted by molar-refractivity contribution is 6.33. The molecule has 32 heavy (non-hydrogen) atoms. The van der Waals surface area contributed by atoms with Crippen molar-refractivity contribution < 1.29 is 28.9 Å². The molecule has 3 aromatic rings. The topological polar surface area (TPSA) is 95.0 Å². The van der Waals surface area contributed by atoms with Gasteiger partial charge in [-0.1, -0.05) is 41.9 Å². The highest BCUT2D eigenvalue weighted by atomic mass is 35.5. The summed E-state index contributed by atoms with van der Waals surface area (Å²) in [5, 5.41) is 11.3. The Kier molecular flexibility index (Phi) is 6.12. The average Bonchev–Trinajstić information content (AvgIpc) is 3.09. The van der Waals surface area contributed by atoms with Crippen molar-refractivity contribution in [3.8, 4) is 16.9 Å². The van der Waals surface area contributed by atoms with Gasteiger partial charge < -0.3 is 19.3 Å². The van der Waals surface area contributed by atoms with Crippen LogP contribution in [0.2, 0.25) is 5.02 Å². The van der Waals surface area contributed by atoms with Gasteiger partial charge in [-0.05, 0) is 42.8 Å². The van der Waals surface area contributed by atoms with Crippen LogP contribution < -0.4 is 4.74 Å². The van der Waals surface area contributed by atoms with E-state index in [9.17, 15) is 14.7 Å². The maximum atomic E-state index is 11.7. The second-order valence-electron chi connectivity index (χ2n) is 7.38. The quantitative estimate of drug-likeness (QED) is 0.428. The van der Waals surface area contributed by atoms with Gasteiger partial charge in [-0.3, -0.25) is 4.98 Å². The van der Waals surface area contributed by atoms with Gasteiger partial charge in [-0.25, -0.2) is 9.59 Å². The third-order valence-corrected chi connectivity index (χ3v) is 5.46. The molecule has 0 radical (unpaired) electrons. The molecule has 0 spiro atoms. The molecule has 2 atom stereocenters. The largest absolute Gasteiger partial charge is 0.488 e. The van der Waals surface area contributed by atoms with Gasteiger partial charge in [0, 0.05) is 18.0 Å². The smallest absolute Gasteiger partial charge is 0.421 e. The Morgan fingerprint density at radius 3 is 2.41 bits per heavy atom. The van der Waals surface area contributed by atoms with Crippen LogP contribution in [0.3, 0.4) is 0 Å². The summed E-state index contributed by atoms with van der Waals surface area (Å²) in [6.45, 7) is 1.65. The second kappa shape index (κ2) is 8.98. The van der Waals surface area contributed by atoms with E-state index in [4.69, 9.17) is 25.8 Å². The zero-order chi connectivity index (χ0) is 22.7. The third kappa shape index (κ3) is 4.44. The lowest BCUT2D eigenvalue weighted by atomic mass is 9.98. The lowest BCUT2D eigenvalue weighted by Gasteiger charge is -2.30. The summed E-state index contributed by atoms with van der Waals surface area (Å²) in [4.78, 5) is 27.5. The Hall–Kier alpha value is -3.42. The van der Waals surface area contributed by atoms with Gasteiger partial charge in [-0.15, -0.1) is 0 Å². The first-order valence-corrected chi connectivity index (χ1v) is 10.3. The van der Waals surface area contributed by atoms with Crippen molar-refractivity contribution in [2.45, 2.75) is 31.3 Å². The van der Waals surface area contributed by atoms with E-state index >= 15 is 0 Å². The number of rotatable bonds is 7. The van der Waals surface area contributed by atoms with Gasteiger partial charge >= 0.3 is 11.9 Å². The van der Waals surface area contributed by atoms with Crippen LogP contribution in [0, 0.1) is 0 Å². The van der Waals surface area contributed by atoms with Crippen molar-refractivity contribution in [3.05, 3.63) is 83.6 Å². The molecule has 1 aromatic heterocycles. The number of esters is 2. The molecule has 1 aliphatic heterocycles. The molecular formula is C24H20ClNO6. The van der Waals surface area contributed by atoms with E-state index in [0.29, 0.717) is 16.3 Å². The van der Waals surface area contributed by atoms with Crippen LogP contribution >= 0.6 is 11.6 Å². The molecule has 0 saturated carbocycles. The molecule has 8 heteroatoms. The summed E-state index contributed by atoms with van der Waals surface area (Å²) in [6, 6.07) is 18.2. The number of carbonyl (C=O) groups excluding carboxylic acids is 2. The van der Waals surface area contributed by atoms with Gasteiger partial charge in [0.05, 0.1) is 23.1 Å². The maximum absolute atomic E-state index is 11.7. The van der Waals surface area contributed by atoms with Gasteiger partial charge in [0.2, 0.25) is 0 Å². The molecule has 0 bridgehead atoms. The van der Waals surface area contributed by atoms with E-state index in [1.54, 1.807) is 31.2 Å². The predicted molar refractivity (Wildman–Crippen MR) is 116 cm³/mol. The first-order chi connectivity index (χ1) is 15.4. The molecule has 1 fully saturated rings. The van der Waals surface area contributed by atoms with E-state index < -0.39 is 29.9 Å². The van der Waals surface area contributed by atoms with Gasteiger partial charge in [0.15, 0.2) is 0 Å². The number of hydrogen-bond acceptors (Lipinski definition) is 7. The molecule has 0 amide bonds. The SMILES string of the molecule is C[C@H](Oc1ccc(-c2ccccc2)c(Cl)c1)[C@H](O)CC1(c2cccnc2)OC(=O)C(=O)O1. The Morgan fingerprint density at radius 2 is 1.78 bits per heavy atom. The average molecular weight is 454 g/mol. The van der Waals surface area contributed by atoms with E-state index in [1.807, 2.05) is 36.4 Å². The number of cyclic esters (lactones) is 2. The molecule has 164 valence electrons. The second-order valence-corrected chi connectivity index (χ2v) is 7.78. The van der Waals surface area contributed by atoms with Crippen LogP contribution in [0.25, 0.3) is 11.1 Å². The summed E-state index contributed by atoms with van der Waals surface area (Å²) in [5.41, 5.74) is 2.16. The molecule has 7 nitrogen and oxygen atoms in total. The summed E-state index contributed by atoms with van der Waals surface area (Å²) in [6.07, 6.45) is 0.821. The van der Waals surface area contributed by atoms with Gasteiger partial charge in [-0.2, -0.15) is 0 Å². The number of halogens is 1. The number of ether oxygens (including phenoxy) is 3. The van der Waals surface area contributed by atoms with Crippen molar-refractivity contribution in [2.24, 2.45) is 0 Å². The maximum Gasteiger partial charge on any atom is 0.421 e. The fraction of sp³-hybridized carbons (Fsp3) is 0.208. The molecule has 1 aliphatic rings.